The molecule has 0 amide bonds. The highest BCUT2D eigenvalue weighted by molar-refractivity contribution is 7.15. The molecule has 0 bridgehead atoms. The Labute approximate surface area is 148 Å². The predicted molar refractivity (Wildman–Crippen MR) is 96.4 cm³/mol. The van der Waals surface area contributed by atoms with Crippen molar-refractivity contribution in [3.63, 3.8) is 0 Å². The molecule has 24 heavy (non-hydrogen) atoms. The third kappa shape index (κ3) is 3.73. The lowest BCUT2D eigenvalue weighted by molar-refractivity contribution is 0.593. The summed E-state index contributed by atoms with van der Waals surface area (Å²) >= 11 is 7.60. The fourth-order valence-electron chi connectivity index (χ4n) is 2.16. The Morgan fingerprint density at radius 3 is 2.96 bits per heavy atom. The second kappa shape index (κ2) is 7.27. The molecule has 4 N–H and O–H groups in total. The average molecular weight is 364 g/mol. The Hall–Kier alpha value is -2.00. The highest BCUT2D eigenvalue weighted by atomic mass is 35.5. The van der Waals surface area contributed by atoms with Crippen molar-refractivity contribution in [1.29, 1.82) is 0 Å². The van der Waals surface area contributed by atoms with Gasteiger partial charge >= 0.3 is 0 Å². The first-order chi connectivity index (χ1) is 11.6. The van der Waals surface area contributed by atoms with Crippen LogP contribution in [-0.2, 0) is 6.54 Å². The van der Waals surface area contributed by atoms with Crippen molar-refractivity contribution in [3.8, 4) is 0 Å². The molecule has 0 aliphatic heterocycles. The fourth-order valence-corrected chi connectivity index (χ4v) is 3.11. The standard InChI is InChI=1S/C15H18ClN7S/c1-9-11(4-3-5-12(9)16)8-23-7-6-13(22-23)18-15-21-20-14(24-15)10(2)19-17/h3-7,10,19H,8,17H2,1-2H3,(H,18,21,22). The molecule has 1 atom stereocenters. The molecule has 2 heterocycles. The van der Waals surface area contributed by atoms with E-state index in [1.165, 1.54) is 11.3 Å². The number of benzene rings is 1. The number of anilines is 2. The molecule has 0 aliphatic carbocycles. The van der Waals surface area contributed by atoms with Crippen LogP contribution in [-0.4, -0.2) is 20.0 Å². The van der Waals surface area contributed by atoms with E-state index in [2.05, 4.69) is 26.0 Å². The smallest absolute Gasteiger partial charge is 0.211 e. The van der Waals surface area contributed by atoms with Crippen molar-refractivity contribution in [2.24, 2.45) is 5.84 Å². The van der Waals surface area contributed by atoms with Gasteiger partial charge in [0.25, 0.3) is 0 Å². The maximum absolute atomic E-state index is 6.16. The molecule has 0 spiro atoms. The minimum atomic E-state index is -0.0404. The number of nitrogens with zero attached hydrogens (tertiary/aromatic N) is 4. The van der Waals surface area contributed by atoms with E-state index in [0.29, 0.717) is 17.5 Å². The van der Waals surface area contributed by atoms with Gasteiger partial charge in [0, 0.05) is 17.3 Å². The summed E-state index contributed by atoms with van der Waals surface area (Å²) in [7, 11) is 0. The van der Waals surface area contributed by atoms with Crippen molar-refractivity contribution in [2.75, 3.05) is 5.32 Å². The van der Waals surface area contributed by atoms with E-state index in [-0.39, 0.29) is 6.04 Å². The van der Waals surface area contributed by atoms with Crippen LogP contribution in [0.15, 0.2) is 30.5 Å². The summed E-state index contributed by atoms with van der Waals surface area (Å²) in [5.41, 5.74) is 4.86. The summed E-state index contributed by atoms with van der Waals surface area (Å²) in [5, 5.41) is 18.1. The monoisotopic (exact) mass is 363 g/mol. The summed E-state index contributed by atoms with van der Waals surface area (Å²) in [6, 6.07) is 7.74. The summed E-state index contributed by atoms with van der Waals surface area (Å²) in [4.78, 5) is 0. The Morgan fingerprint density at radius 2 is 2.17 bits per heavy atom. The predicted octanol–water partition coefficient (Wildman–Crippen LogP) is 3.01. The van der Waals surface area contributed by atoms with Gasteiger partial charge in [0.15, 0.2) is 5.82 Å². The van der Waals surface area contributed by atoms with Gasteiger partial charge in [0.05, 0.1) is 12.6 Å². The molecule has 0 saturated carbocycles. The van der Waals surface area contributed by atoms with Crippen molar-refractivity contribution in [1.82, 2.24) is 25.4 Å². The lowest BCUT2D eigenvalue weighted by atomic mass is 10.1. The van der Waals surface area contributed by atoms with Gasteiger partial charge in [-0.1, -0.05) is 35.1 Å². The Bertz CT molecular complexity index is 829. The zero-order valence-corrected chi connectivity index (χ0v) is 14.9. The molecule has 2 aromatic heterocycles. The van der Waals surface area contributed by atoms with E-state index in [1.807, 2.05) is 49.0 Å². The Morgan fingerprint density at radius 1 is 1.33 bits per heavy atom. The molecule has 3 aromatic rings. The molecule has 0 fully saturated rings. The molecule has 7 nitrogen and oxygen atoms in total. The number of halogens is 1. The van der Waals surface area contributed by atoms with Crippen LogP contribution in [0.25, 0.3) is 0 Å². The summed E-state index contributed by atoms with van der Waals surface area (Å²) in [6.45, 7) is 4.59. The van der Waals surface area contributed by atoms with Crippen LogP contribution in [0, 0.1) is 6.92 Å². The quantitative estimate of drug-likeness (QED) is 0.460. The Kier molecular flexibility index (Phi) is 5.10. The molecule has 0 saturated heterocycles. The van der Waals surface area contributed by atoms with Gasteiger partial charge in [0.2, 0.25) is 5.13 Å². The van der Waals surface area contributed by atoms with Gasteiger partial charge in [-0.25, -0.2) is 0 Å². The van der Waals surface area contributed by atoms with Crippen LogP contribution in [0.1, 0.15) is 29.1 Å². The van der Waals surface area contributed by atoms with E-state index in [4.69, 9.17) is 17.4 Å². The summed E-state index contributed by atoms with van der Waals surface area (Å²) in [6.07, 6.45) is 1.91. The second-order valence-electron chi connectivity index (χ2n) is 5.38. The molecule has 0 aliphatic rings. The van der Waals surface area contributed by atoms with Gasteiger partial charge in [-0.2, -0.15) is 5.10 Å². The molecule has 126 valence electrons. The number of rotatable bonds is 6. The average Bonchev–Trinajstić information content (AvgIpc) is 3.21. The van der Waals surface area contributed by atoms with Crippen LogP contribution in [0.3, 0.4) is 0 Å². The zero-order valence-electron chi connectivity index (χ0n) is 13.3. The Balaban J connectivity index is 1.69. The van der Waals surface area contributed by atoms with Crippen molar-refractivity contribution in [3.05, 3.63) is 51.6 Å². The lowest BCUT2D eigenvalue weighted by Crippen LogP contribution is -2.25. The van der Waals surface area contributed by atoms with E-state index >= 15 is 0 Å². The normalized spacial score (nSPS) is 12.3. The van der Waals surface area contributed by atoms with E-state index in [0.717, 1.165) is 21.2 Å². The van der Waals surface area contributed by atoms with Gasteiger partial charge in [0.1, 0.15) is 5.01 Å². The van der Waals surface area contributed by atoms with Crippen LogP contribution in [0.5, 0.6) is 0 Å². The number of aromatic nitrogens is 4. The lowest BCUT2D eigenvalue weighted by Gasteiger charge is -2.07. The van der Waals surface area contributed by atoms with Crippen LogP contribution in [0.4, 0.5) is 10.9 Å². The third-order valence-corrected chi connectivity index (χ3v) is 5.08. The van der Waals surface area contributed by atoms with Crippen molar-refractivity contribution < 1.29 is 0 Å². The highest BCUT2D eigenvalue weighted by Gasteiger charge is 2.11. The molecule has 9 heteroatoms. The number of nitrogens with two attached hydrogens (primary N) is 1. The van der Waals surface area contributed by atoms with Crippen LogP contribution >= 0.6 is 22.9 Å². The van der Waals surface area contributed by atoms with E-state index in [1.54, 1.807) is 0 Å². The molecular formula is C15H18ClN7S. The number of hydrogen-bond acceptors (Lipinski definition) is 7. The third-order valence-electron chi connectivity index (χ3n) is 3.65. The minimum absolute atomic E-state index is 0.0404. The van der Waals surface area contributed by atoms with Gasteiger partial charge in [-0.05, 0) is 31.0 Å². The van der Waals surface area contributed by atoms with Crippen molar-refractivity contribution in [2.45, 2.75) is 26.4 Å². The fraction of sp³-hybridized carbons (Fsp3) is 0.267. The summed E-state index contributed by atoms with van der Waals surface area (Å²) < 4.78 is 1.85. The minimum Gasteiger partial charge on any atom is -0.313 e. The molecule has 1 unspecified atom stereocenters. The SMILES string of the molecule is Cc1c(Cl)cccc1Cn1ccc(Nc2nnc(C(C)NN)s2)n1. The number of hydrogen-bond donors (Lipinski definition) is 3. The first kappa shape index (κ1) is 16.8. The largest absolute Gasteiger partial charge is 0.313 e. The first-order valence-corrected chi connectivity index (χ1v) is 8.60. The van der Waals surface area contributed by atoms with E-state index < -0.39 is 0 Å². The molecular weight excluding hydrogens is 346 g/mol. The maximum atomic E-state index is 6.16. The zero-order chi connectivity index (χ0) is 17.1. The second-order valence-corrected chi connectivity index (χ2v) is 6.80. The van der Waals surface area contributed by atoms with Crippen molar-refractivity contribution >= 4 is 33.9 Å². The highest BCUT2D eigenvalue weighted by Crippen LogP contribution is 2.24. The van der Waals surface area contributed by atoms with E-state index in [9.17, 15) is 0 Å². The number of nitrogens with one attached hydrogen (secondary N) is 2. The first-order valence-electron chi connectivity index (χ1n) is 7.41. The number of hydrazine groups is 1. The summed E-state index contributed by atoms with van der Waals surface area (Å²) in [5.74, 6) is 6.12. The molecule has 0 radical (unpaired) electrons. The van der Waals surface area contributed by atoms with Gasteiger partial charge in [-0.15, -0.1) is 10.2 Å². The molecule has 3 rings (SSSR count). The van der Waals surface area contributed by atoms with Crippen LogP contribution in [0.2, 0.25) is 5.02 Å². The topological polar surface area (TPSA) is 93.7 Å². The maximum Gasteiger partial charge on any atom is 0.211 e. The van der Waals surface area contributed by atoms with Gasteiger partial charge in [-0.3, -0.25) is 16.0 Å². The van der Waals surface area contributed by atoms with Crippen LogP contribution < -0.4 is 16.6 Å². The molecule has 1 aromatic carbocycles. The van der Waals surface area contributed by atoms with Gasteiger partial charge < -0.3 is 5.32 Å².